The van der Waals surface area contributed by atoms with Crippen molar-refractivity contribution in [3.8, 4) is 0 Å². The molecule has 0 bridgehead atoms. The van der Waals surface area contributed by atoms with Crippen LogP contribution >= 0.6 is 11.6 Å². The van der Waals surface area contributed by atoms with Crippen molar-refractivity contribution in [1.82, 2.24) is 10.7 Å². The number of amides is 3. The molecule has 8 heteroatoms. The molecule has 0 radical (unpaired) electrons. The fourth-order valence-electron chi connectivity index (χ4n) is 2.09. The van der Waals surface area contributed by atoms with Gasteiger partial charge in [0.2, 0.25) is 5.91 Å². The molecule has 0 aliphatic carbocycles. The van der Waals surface area contributed by atoms with Crippen LogP contribution in [0.15, 0.2) is 54.2 Å². The van der Waals surface area contributed by atoms with E-state index in [0.29, 0.717) is 21.8 Å². The molecule has 26 heavy (non-hydrogen) atoms. The number of anilines is 1. The number of halogens is 1. The number of hydrogen-bond acceptors (Lipinski definition) is 4. The van der Waals surface area contributed by atoms with E-state index < -0.39 is 11.8 Å². The maximum absolute atomic E-state index is 12.4. The van der Waals surface area contributed by atoms with Crippen molar-refractivity contribution in [2.45, 2.75) is 6.92 Å². The third kappa shape index (κ3) is 5.17. The van der Waals surface area contributed by atoms with Gasteiger partial charge in [0.25, 0.3) is 11.8 Å². The molecule has 0 aromatic heterocycles. The van der Waals surface area contributed by atoms with E-state index in [4.69, 9.17) is 17.4 Å². The van der Waals surface area contributed by atoms with E-state index in [9.17, 15) is 14.4 Å². The summed E-state index contributed by atoms with van der Waals surface area (Å²) in [6.45, 7) is 1.39. The predicted molar refractivity (Wildman–Crippen MR) is 100.0 cm³/mol. The summed E-state index contributed by atoms with van der Waals surface area (Å²) in [7, 11) is 0. The number of nitrogens with one attached hydrogen (secondary N) is 3. The number of nitrogens with two attached hydrogens (primary N) is 1. The molecule has 0 saturated carbocycles. The van der Waals surface area contributed by atoms with Gasteiger partial charge in [0.1, 0.15) is 5.70 Å². The summed E-state index contributed by atoms with van der Waals surface area (Å²) in [5, 5.41) is 5.52. The smallest absolute Gasteiger partial charge is 0.281 e. The molecule has 5 N–H and O–H groups in total. The topological polar surface area (TPSA) is 113 Å². The zero-order valence-electron chi connectivity index (χ0n) is 13.9. The maximum Gasteiger partial charge on any atom is 0.281 e. The molecule has 0 heterocycles. The van der Waals surface area contributed by atoms with Crippen molar-refractivity contribution in [2.24, 2.45) is 5.84 Å². The lowest BCUT2D eigenvalue weighted by atomic mass is 10.1. The minimum Gasteiger partial charge on any atom is -0.326 e. The van der Waals surface area contributed by atoms with Gasteiger partial charge in [-0.05, 0) is 42.0 Å². The number of hydrazine groups is 1. The summed E-state index contributed by atoms with van der Waals surface area (Å²) < 4.78 is 0. The lowest BCUT2D eigenvalue weighted by Crippen LogP contribution is -2.38. The van der Waals surface area contributed by atoms with Gasteiger partial charge in [0.15, 0.2) is 0 Å². The Bertz CT molecular complexity index is 863. The first-order valence-corrected chi connectivity index (χ1v) is 7.94. The van der Waals surface area contributed by atoms with Gasteiger partial charge < -0.3 is 10.6 Å². The Kier molecular flexibility index (Phi) is 6.48. The summed E-state index contributed by atoms with van der Waals surface area (Å²) in [6, 6.07) is 13.1. The van der Waals surface area contributed by atoms with Gasteiger partial charge in [0.05, 0.1) is 0 Å². The molecule has 0 atom stereocenters. The van der Waals surface area contributed by atoms with Crippen LogP contribution in [-0.4, -0.2) is 17.7 Å². The molecule has 0 spiro atoms. The highest BCUT2D eigenvalue weighted by atomic mass is 35.5. The second-order valence-electron chi connectivity index (χ2n) is 5.27. The Morgan fingerprint density at radius 1 is 1.04 bits per heavy atom. The van der Waals surface area contributed by atoms with Gasteiger partial charge in [-0.15, -0.1) is 0 Å². The van der Waals surface area contributed by atoms with Crippen molar-refractivity contribution in [2.75, 3.05) is 5.32 Å². The largest absolute Gasteiger partial charge is 0.326 e. The van der Waals surface area contributed by atoms with Gasteiger partial charge in [-0.2, -0.15) is 0 Å². The van der Waals surface area contributed by atoms with Crippen LogP contribution in [0.25, 0.3) is 6.08 Å². The zero-order chi connectivity index (χ0) is 19.1. The lowest BCUT2D eigenvalue weighted by molar-refractivity contribution is -0.117. The molecule has 7 nitrogen and oxygen atoms in total. The van der Waals surface area contributed by atoms with E-state index in [-0.39, 0.29) is 11.6 Å². The molecule has 2 aromatic carbocycles. The number of rotatable bonds is 5. The minimum atomic E-state index is -0.673. The Morgan fingerprint density at radius 3 is 2.27 bits per heavy atom. The van der Waals surface area contributed by atoms with Crippen LogP contribution in [0.5, 0.6) is 0 Å². The van der Waals surface area contributed by atoms with Gasteiger partial charge >= 0.3 is 0 Å². The van der Waals surface area contributed by atoms with Crippen LogP contribution in [0, 0.1) is 0 Å². The number of hydrogen-bond donors (Lipinski definition) is 4. The summed E-state index contributed by atoms with van der Waals surface area (Å²) >= 11 is 6.07. The molecule has 2 aromatic rings. The molecular formula is C18H17ClN4O3. The Morgan fingerprint density at radius 2 is 1.69 bits per heavy atom. The number of carbonyl (C=O) groups is 3. The van der Waals surface area contributed by atoms with E-state index in [2.05, 4.69) is 10.6 Å². The monoisotopic (exact) mass is 372 g/mol. The molecule has 0 aliphatic rings. The van der Waals surface area contributed by atoms with Crippen molar-refractivity contribution >= 4 is 41.1 Å². The second kappa shape index (κ2) is 8.80. The molecule has 0 aliphatic heterocycles. The molecule has 0 saturated heterocycles. The van der Waals surface area contributed by atoms with Crippen LogP contribution in [-0.2, 0) is 9.59 Å². The van der Waals surface area contributed by atoms with Crippen molar-refractivity contribution in [1.29, 1.82) is 0 Å². The fourth-order valence-corrected chi connectivity index (χ4v) is 2.28. The van der Waals surface area contributed by atoms with E-state index in [1.807, 2.05) is 5.43 Å². The zero-order valence-corrected chi connectivity index (χ0v) is 14.6. The molecule has 3 amide bonds. The number of benzene rings is 2. The quantitative estimate of drug-likeness (QED) is 0.278. The Labute approximate surface area is 155 Å². The van der Waals surface area contributed by atoms with Crippen molar-refractivity contribution in [3.63, 3.8) is 0 Å². The van der Waals surface area contributed by atoms with E-state index in [0.717, 1.165) is 0 Å². The highest BCUT2D eigenvalue weighted by molar-refractivity contribution is 6.32. The van der Waals surface area contributed by atoms with Gasteiger partial charge in [-0.25, -0.2) is 5.84 Å². The van der Waals surface area contributed by atoms with Crippen LogP contribution in [0.2, 0.25) is 5.02 Å². The van der Waals surface area contributed by atoms with Gasteiger partial charge in [0, 0.05) is 23.2 Å². The summed E-state index contributed by atoms with van der Waals surface area (Å²) in [5.74, 6) is 3.78. The van der Waals surface area contributed by atoms with E-state index >= 15 is 0 Å². The van der Waals surface area contributed by atoms with Gasteiger partial charge in [-0.3, -0.25) is 19.8 Å². The Hall–Kier alpha value is -3.16. The second-order valence-corrected chi connectivity index (χ2v) is 5.67. The van der Waals surface area contributed by atoms with E-state index in [1.165, 1.54) is 25.1 Å². The minimum absolute atomic E-state index is 0.0588. The lowest BCUT2D eigenvalue weighted by Gasteiger charge is -2.10. The van der Waals surface area contributed by atoms with E-state index in [1.54, 1.807) is 36.4 Å². The van der Waals surface area contributed by atoms with Crippen LogP contribution < -0.4 is 21.9 Å². The van der Waals surface area contributed by atoms with Crippen LogP contribution in [0.4, 0.5) is 5.69 Å². The SMILES string of the molecule is CC(=O)Nc1ccc(C(=O)N/C(=C\c2ccccc2Cl)C(=O)NN)cc1. The highest BCUT2D eigenvalue weighted by Gasteiger charge is 2.14. The average Bonchev–Trinajstić information content (AvgIpc) is 2.62. The molecule has 0 unspecified atom stereocenters. The highest BCUT2D eigenvalue weighted by Crippen LogP contribution is 2.18. The van der Waals surface area contributed by atoms with Crippen LogP contribution in [0.3, 0.4) is 0 Å². The van der Waals surface area contributed by atoms with Gasteiger partial charge in [-0.1, -0.05) is 29.8 Å². The summed E-state index contributed by atoms with van der Waals surface area (Å²) in [6.07, 6.45) is 1.42. The van der Waals surface area contributed by atoms with Crippen molar-refractivity contribution in [3.05, 3.63) is 70.4 Å². The average molecular weight is 373 g/mol. The first kappa shape index (κ1) is 19.2. The standard InChI is InChI=1S/C18H17ClN4O3/c1-11(24)21-14-8-6-12(7-9-14)17(25)22-16(18(26)23-20)10-13-4-2-3-5-15(13)19/h2-10H,20H2,1H3,(H,21,24)(H,22,25)(H,23,26)/b16-10-. The maximum atomic E-state index is 12.4. The molecular weight excluding hydrogens is 356 g/mol. The summed E-state index contributed by atoms with van der Waals surface area (Å²) in [5.41, 5.74) is 3.33. The third-order valence-electron chi connectivity index (χ3n) is 3.30. The molecule has 0 fully saturated rings. The van der Waals surface area contributed by atoms with Crippen LogP contribution in [0.1, 0.15) is 22.8 Å². The normalized spacial score (nSPS) is 10.8. The number of carbonyl (C=O) groups excluding carboxylic acids is 3. The fraction of sp³-hybridized carbons (Fsp3) is 0.0556. The Balaban J connectivity index is 2.23. The predicted octanol–water partition coefficient (Wildman–Crippen LogP) is 2.06. The third-order valence-corrected chi connectivity index (χ3v) is 3.64. The first-order chi connectivity index (χ1) is 12.4. The molecule has 2 rings (SSSR count). The van der Waals surface area contributed by atoms with Crippen molar-refractivity contribution < 1.29 is 14.4 Å². The summed E-state index contributed by atoms with van der Waals surface area (Å²) in [4.78, 5) is 35.4. The molecule has 134 valence electrons. The first-order valence-electron chi connectivity index (χ1n) is 7.57.